The van der Waals surface area contributed by atoms with Crippen LogP contribution in [0.15, 0.2) is 77.7 Å². The number of sulfonamides is 1. The topological polar surface area (TPSA) is 105 Å². The van der Waals surface area contributed by atoms with E-state index in [1.165, 1.54) is 31.3 Å². The average Bonchev–Trinajstić information content (AvgIpc) is 2.95. The van der Waals surface area contributed by atoms with E-state index in [1.54, 1.807) is 36.4 Å². The first-order valence-electron chi connectivity index (χ1n) is 13.1. The molecule has 0 aliphatic heterocycles. The molecule has 0 aromatic heterocycles. The zero-order chi connectivity index (χ0) is 29.3. The number of benzene rings is 3. The van der Waals surface area contributed by atoms with E-state index in [2.05, 4.69) is 5.32 Å². The molecule has 0 fully saturated rings. The summed E-state index contributed by atoms with van der Waals surface area (Å²) in [5.41, 5.74) is 2.04. The van der Waals surface area contributed by atoms with E-state index in [9.17, 15) is 18.0 Å². The van der Waals surface area contributed by atoms with Crippen molar-refractivity contribution in [3.05, 3.63) is 83.9 Å². The summed E-state index contributed by atoms with van der Waals surface area (Å²) in [5, 5.41) is 2.80. The Hall–Kier alpha value is -4.05. The minimum absolute atomic E-state index is 0.0204. The SMILES string of the molecule is CCNC(=O)[C@@H](CC)N(Cc1cccc(C)c1)C(=O)CN(c1ccccc1OC)S(=O)(=O)c1ccc(OC)cc1. The van der Waals surface area contributed by atoms with Crippen molar-refractivity contribution in [3.63, 3.8) is 0 Å². The van der Waals surface area contributed by atoms with E-state index in [1.807, 2.05) is 45.0 Å². The van der Waals surface area contributed by atoms with Crippen molar-refractivity contribution in [2.75, 3.05) is 31.6 Å². The minimum atomic E-state index is -4.23. The zero-order valence-electron chi connectivity index (χ0n) is 23.6. The van der Waals surface area contributed by atoms with Crippen molar-refractivity contribution < 1.29 is 27.5 Å². The fraction of sp³-hybridized carbons (Fsp3) is 0.333. The monoisotopic (exact) mass is 567 g/mol. The highest BCUT2D eigenvalue weighted by Crippen LogP contribution is 2.33. The Bertz CT molecular complexity index is 1410. The van der Waals surface area contributed by atoms with Crippen molar-refractivity contribution in [3.8, 4) is 11.5 Å². The number of carbonyl (C=O) groups excluding carboxylic acids is 2. The van der Waals surface area contributed by atoms with Gasteiger partial charge in [0.15, 0.2) is 0 Å². The maximum atomic E-state index is 14.1. The Balaban J connectivity index is 2.10. The van der Waals surface area contributed by atoms with Crippen LogP contribution in [0.4, 0.5) is 5.69 Å². The molecule has 0 heterocycles. The summed E-state index contributed by atoms with van der Waals surface area (Å²) in [6.45, 7) is 5.57. The molecule has 0 saturated heterocycles. The molecule has 214 valence electrons. The molecule has 3 aromatic carbocycles. The van der Waals surface area contributed by atoms with Crippen LogP contribution in [-0.4, -0.2) is 58.5 Å². The molecule has 0 radical (unpaired) electrons. The summed E-state index contributed by atoms with van der Waals surface area (Å²) in [7, 11) is -1.31. The maximum absolute atomic E-state index is 14.1. The molecule has 0 aliphatic carbocycles. The molecule has 0 unspecified atom stereocenters. The Morgan fingerprint density at radius 1 is 0.925 bits per heavy atom. The Labute approximate surface area is 236 Å². The smallest absolute Gasteiger partial charge is 0.264 e. The van der Waals surface area contributed by atoms with Crippen molar-refractivity contribution in [2.45, 2.75) is 44.7 Å². The molecule has 9 nitrogen and oxygen atoms in total. The number of para-hydroxylation sites is 2. The van der Waals surface area contributed by atoms with E-state index >= 15 is 0 Å². The molecular formula is C30H37N3O6S. The Morgan fingerprint density at radius 2 is 1.62 bits per heavy atom. The third-order valence-electron chi connectivity index (χ3n) is 6.45. The third kappa shape index (κ3) is 7.12. The lowest BCUT2D eigenvalue weighted by Crippen LogP contribution is -2.52. The van der Waals surface area contributed by atoms with Crippen molar-refractivity contribution in [1.29, 1.82) is 0 Å². The highest BCUT2D eigenvalue weighted by atomic mass is 32.2. The molecule has 3 rings (SSSR count). The summed E-state index contributed by atoms with van der Waals surface area (Å²) < 4.78 is 39.7. The van der Waals surface area contributed by atoms with Crippen LogP contribution >= 0.6 is 0 Å². The van der Waals surface area contributed by atoms with Gasteiger partial charge in [0.1, 0.15) is 24.1 Å². The van der Waals surface area contributed by atoms with Crippen LogP contribution in [0.25, 0.3) is 0 Å². The summed E-state index contributed by atoms with van der Waals surface area (Å²) in [6, 6.07) is 19.4. The number of hydrogen-bond acceptors (Lipinski definition) is 6. The normalized spacial score (nSPS) is 11.8. The first-order chi connectivity index (χ1) is 19.2. The first-order valence-corrected chi connectivity index (χ1v) is 14.5. The van der Waals surface area contributed by atoms with Crippen LogP contribution in [0.1, 0.15) is 31.4 Å². The number of amides is 2. The van der Waals surface area contributed by atoms with Crippen LogP contribution in [-0.2, 0) is 26.2 Å². The number of ether oxygens (including phenoxy) is 2. The van der Waals surface area contributed by atoms with Gasteiger partial charge in [-0.15, -0.1) is 0 Å². The number of hydrogen-bond donors (Lipinski definition) is 1. The van der Waals surface area contributed by atoms with Gasteiger partial charge in [0, 0.05) is 13.1 Å². The van der Waals surface area contributed by atoms with Crippen LogP contribution < -0.4 is 19.1 Å². The fourth-order valence-electron chi connectivity index (χ4n) is 4.44. The van der Waals surface area contributed by atoms with Gasteiger partial charge in [-0.05, 0) is 62.2 Å². The predicted molar refractivity (Wildman–Crippen MR) is 155 cm³/mol. The number of likely N-dealkylation sites (N-methyl/N-ethyl adjacent to an activating group) is 1. The van der Waals surface area contributed by atoms with Gasteiger partial charge in [0.2, 0.25) is 11.8 Å². The second-order valence-corrected chi connectivity index (χ2v) is 11.1. The van der Waals surface area contributed by atoms with Gasteiger partial charge in [-0.2, -0.15) is 0 Å². The van der Waals surface area contributed by atoms with Gasteiger partial charge < -0.3 is 19.7 Å². The number of carbonyl (C=O) groups is 2. The van der Waals surface area contributed by atoms with Gasteiger partial charge in [0.25, 0.3) is 10.0 Å². The quantitative estimate of drug-likeness (QED) is 0.333. The van der Waals surface area contributed by atoms with Gasteiger partial charge in [-0.25, -0.2) is 8.42 Å². The van der Waals surface area contributed by atoms with Crippen molar-refractivity contribution in [2.24, 2.45) is 0 Å². The summed E-state index contributed by atoms with van der Waals surface area (Å²) in [6.07, 6.45) is 0.350. The van der Waals surface area contributed by atoms with Crippen LogP contribution in [0.3, 0.4) is 0 Å². The van der Waals surface area contributed by atoms with Gasteiger partial charge in [0.05, 0.1) is 24.8 Å². The van der Waals surface area contributed by atoms with E-state index in [4.69, 9.17) is 9.47 Å². The zero-order valence-corrected chi connectivity index (χ0v) is 24.4. The largest absolute Gasteiger partial charge is 0.497 e. The molecule has 40 heavy (non-hydrogen) atoms. The van der Waals surface area contributed by atoms with E-state index in [0.29, 0.717) is 18.7 Å². The fourth-order valence-corrected chi connectivity index (χ4v) is 5.87. The molecule has 2 amide bonds. The third-order valence-corrected chi connectivity index (χ3v) is 8.23. The molecule has 10 heteroatoms. The van der Waals surface area contributed by atoms with Gasteiger partial charge in [-0.3, -0.25) is 13.9 Å². The molecular weight excluding hydrogens is 530 g/mol. The summed E-state index contributed by atoms with van der Waals surface area (Å²) >= 11 is 0. The van der Waals surface area contributed by atoms with E-state index in [-0.39, 0.29) is 28.8 Å². The first kappa shape index (κ1) is 30.5. The number of anilines is 1. The number of nitrogens with one attached hydrogen (secondary N) is 1. The highest BCUT2D eigenvalue weighted by Gasteiger charge is 2.34. The van der Waals surface area contributed by atoms with Crippen molar-refractivity contribution in [1.82, 2.24) is 10.2 Å². The molecule has 0 saturated carbocycles. The van der Waals surface area contributed by atoms with Crippen LogP contribution in [0.2, 0.25) is 0 Å². The van der Waals surface area contributed by atoms with Crippen molar-refractivity contribution >= 4 is 27.5 Å². The number of rotatable bonds is 13. The number of methoxy groups -OCH3 is 2. The summed E-state index contributed by atoms with van der Waals surface area (Å²) in [5.74, 6) is -0.0419. The summed E-state index contributed by atoms with van der Waals surface area (Å²) in [4.78, 5) is 28.6. The molecule has 3 aromatic rings. The Kier molecular flexibility index (Phi) is 10.6. The van der Waals surface area contributed by atoms with Crippen LogP contribution in [0, 0.1) is 6.92 Å². The second kappa shape index (κ2) is 13.8. The molecule has 1 N–H and O–H groups in total. The number of aryl methyl sites for hydroxylation is 1. The van der Waals surface area contributed by atoms with E-state index in [0.717, 1.165) is 15.4 Å². The van der Waals surface area contributed by atoms with Crippen LogP contribution in [0.5, 0.6) is 11.5 Å². The minimum Gasteiger partial charge on any atom is -0.497 e. The molecule has 0 bridgehead atoms. The number of nitrogens with zero attached hydrogens (tertiary/aromatic N) is 2. The Morgan fingerprint density at radius 3 is 2.23 bits per heavy atom. The molecule has 0 aliphatic rings. The van der Waals surface area contributed by atoms with Gasteiger partial charge in [-0.1, -0.05) is 48.9 Å². The predicted octanol–water partition coefficient (Wildman–Crippen LogP) is 4.15. The van der Waals surface area contributed by atoms with E-state index < -0.39 is 28.5 Å². The van der Waals surface area contributed by atoms with Gasteiger partial charge >= 0.3 is 0 Å². The average molecular weight is 568 g/mol. The maximum Gasteiger partial charge on any atom is 0.264 e. The lowest BCUT2D eigenvalue weighted by Gasteiger charge is -2.33. The lowest BCUT2D eigenvalue weighted by atomic mass is 10.1. The standard InChI is InChI=1S/C30H37N3O6S/c1-6-26(30(35)31-7-2)32(20-23-12-10-11-22(3)19-23)29(34)21-33(27-13-8-9-14-28(27)39-5)40(36,37)25-17-15-24(38-4)16-18-25/h8-19,26H,6-7,20-21H2,1-5H3,(H,31,35)/t26-/m1/s1. The molecule has 0 spiro atoms. The molecule has 1 atom stereocenters. The second-order valence-electron chi connectivity index (χ2n) is 9.19. The lowest BCUT2D eigenvalue weighted by molar-refractivity contribution is -0.140. The highest BCUT2D eigenvalue weighted by molar-refractivity contribution is 7.92.